The predicted molar refractivity (Wildman–Crippen MR) is 64.8 cm³/mol. The van der Waals surface area contributed by atoms with E-state index in [1.165, 1.54) is 0 Å². The van der Waals surface area contributed by atoms with Crippen LogP contribution in [0.15, 0.2) is 38.0 Å². The molecular formula is C13H20O3. The van der Waals surface area contributed by atoms with Crippen LogP contribution in [0.1, 0.15) is 13.3 Å². The summed E-state index contributed by atoms with van der Waals surface area (Å²) < 4.78 is 5.18. The molecule has 1 N–H and O–H groups in total. The second-order valence-electron chi connectivity index (χ2n) is 3.60. The smallest absolute Gasteiger partial charge is 0.330 e. The van der Waals surface area contributed by atoms with Gasteiger partial charge in [0.25, 0.3) is 0 Å². The summed E-state index contributed by atoms with van der Waals surface area (Å²) in [5, 5.41) is 8.94. The Morgan fingerprint density at radius 2 is 2.00 bits per heavy atom. The fourth-order valence-electron chi connectivity index (χ4n) is 1.52. The molecule has 0 aliphatic heterocycles. The van der Waals surface area contributed by atoms with Gasteiger partial charge in [-0.15, -0.1) is 13.2 Å². The minimum atomic E-state index is -0.485. The first-order valence-electron chi connectivity index (χ1n) is 5.29. The van der Waals surface area contributed by atoms with Gasteiger partial charge in [-0.3, -0.25) is 0 Å². The first-order chi connectivity index (χ1) is 7.60. The van der Waals surface area contributed by atoms with Crippen molar-refractivity contribution < 1.29 is 14.6 Å². The van der Waals surface area contributed by atoms with Gasteiger partial charge in [0.1, 0.15) is 6.10 Å². The van der Waals surface area contributed by atoms with Gasteiger partial charge in [0.2, 0.25) is 0 Å². The Labute approximate surface area is 97.1 Å². The average Bonchev–Trinajstić information content (AvgIpc) is 2.29. The Bertz CT molecular complexity index is 258. The molecule has 16 heavy (non-hydrogen) atoms. The summed E-state index contributed by atoms with van der Waals surface area (Å²) >= 11 is 0. The third-order valence-corrected chi connectivity index (χ3v) is 2.53. The van der Waals surface area contributed by atoms with Gasteiger partial charge < -0.3 is 9.84 Å². The first kappa shape index (κ1) is 14.6. The predicted octanol–water partition coefficient (Wildman–Crippen LogP) is 2.09. The Morgan fingerprint density at radius 1 is 1.38 bits per heavy atom. The number of ether oxygens (including phenoxy) is 1. The molecule has 0 radical (unpaired) electrons. The second kappa shape index (κ2) is 7.88. The molecular weight excluding hydrogens is 204 g/mol. The lowest BCUT2D eigenvalue weighted by Gasteiger charge is -2.26. The van der Waals surface area contributed by atoms with Crippen molar-refractivity contribution in [3.63, 3.8) is 0 Å². The molecule has 0 bridgehead atoms. The molecule has 0 saturated carbocycles. The van der Waals surface area contributed by atoms with Crippen molar-refractivity contribution in [3.8, 4) is 0 Å². The van der Waals surface area contributed by atoms with Crippen molar-refractivity contribution in [2.24, 2.45) is 11.8 Å². The van der Waals surface area contributed by atoms with E-state index in [0.717, 1.165) is 6.08 Å². The Balaban J connectivity index is 4.69. The van der Waals surface area contributed by atoms with Crippen LogP contribution >= 0.6 is 0 Å². The summed E-state index contributed by atoms with van der Waals surface area (Å²) in [7, 11) is 0. The summed E-state index contributed by atoms with van der Waals surface area (Å²) in [6, 6.07) is 0. The van der Waals surface area contributed by atoms with E-state index in [1.807, 2.05) is 6.92 Å². The molecule has 0 aromatic heterocycles. The monoisotopic (exact) mass is 224 g/mol. The third kappa shape index (κ3) is 4.45. The number of carbonyl (C=O) groups excluding carboxylic acids is 1. The maximum Gasteiger partial charge on any atom is 0.330 e. The molecule has 90 valence electrons. The highest BCUT2D eigenvalue weighted by Crippen LogP contribution is 2.23. The fourth-order valence-corrected chi connectivity index (χ4v) is 1.52. The molecule has 0 amide bonds. The maximum absolute atomic E-state index is 11.1. The molecule has 0 rings (SSSR count). The molecule has 0 spiro atoms. The van der Waals surface area contributed by atoms with Gasteiger partial charge in [-0.05, 0) is 5.92 Å². The van der Waals surface area contributed by atoms with Crippen molar-refractivity contribution in [1.29, 1.82) is 0 Å². The number of hydrogen-bond acceptors (Lipinski definition) is 3. The fraction of sp³-hybridized carbons (Fsp3) is 0.462. The Kier molecular flexibility index (Phi) is 7.21. The van der Waals surface area contributed by atoms with Gasteiger partial charge in [0, 0.05) is 25.0 Å². The summed E-state index contributed by atoms with van der Waals surface area (Å²) in [6.45, 7) is 12.7. The molecule has 0 aromatic rings. The SMILES string of the molecule is C=CC(=O)OC(CCO)C(C=C)C(C)C=C. The molecule has 0 aliphatic carbocycles. The molecule has 3 nitrogen and oxygen atoms in total. The Morgan fingerprint density at radius 3 is 2.38 bits per heavy atom. The normalized spacial score (nSPS) is 15.6. The second-order valence-corrected chi connectivity index (χ2v) is 3.60. The summed E-state index contributed by atoms with van der Waals surface area (Å²) in [4.78, 5) is 11.1. The maximum atomic E-state index is 11.1. The largest absolute Gasteiger partial charge is 0.458 e. The van der Waals surface area contributed by atoms with Gasteiger partial charge >= 0.3 is 5.97 Å². The zero-order valence-corrected chi connectivity index (χ0v) is 9.76. The minimum Gasteiger partial charge on any atom is -0.458 e. The van der Waals surface area contributed by atoms with E-state index < -0.39 is 5.97 Å². The number of carbonyl (C=O) groups is 1. The summed E-state index contributed by atoms with van der Waals surface area (Å²) in [5.74, 6) is -0.401. The highest BCUT2D eigenvalue weighted by molar-refractivity contribution is 5.81. The van der Waals surface area contributed by atoms with Crippen LogP contribution in [-0.4, -0.2) is 23.8 Å². The molecule has 0 aliphatic rings. The highest BCUT2D eigenvalue weighted by atomic mass is 16.5. The van der Waals surface area contributed by atoms with Gasteiger partial charge in [0.05, 0.1) is 0 Å². The molecule has 3 heteroatoms. The van der Waals surface area contributed by atoms with E-state index in [1.54, 1.807) is 12.2 Å². The van der Waals surface area contributed by atoms with Crippen LogP contribution < -0.4 is 0 Å². The van der Waals surface area contributed by atoms with Crippen LogP contribution in [0, 0.1) is 11.8 Å². The van der Waals surface area contributed by atoms with Crippen LogP contribution in [0.5, 0.6) is 0 Å². The van der Waals surface area contributed by atoms with Crippen molar-refractivity contribution in [2.45, 2.75) is 19.4 Å². The average molecular weight is 224 g/mol. The lowest BCUT2D eigenvalue weighted by molar-refractivity contribution is -0.146. The van der Waals surface area contributed by atoms with Crippen LogP contribution in [0.4, 0.5) is 0 Å². The van der Waals surface area contributed by atoms with Crippen LogP contribution in [0.25, 0.3) is 0 Å². The lowest BCUT2D eigenvalue weighted by atomic mass is 9.87. The van der Waals surface area contributed by atoms with E-state index in [4.69, 9.17) is 9.84 Å². The number of aliphatic hydroxyl groups excluding tert-OH is 1. The number of esters is 1. The zero-order valence-electron chi connectivity index (χ0n) is 9.76. The van der Waals surface area contributed by atoms with Crippen LogP contribution in [0.3, 0.4) is 0 Å². The van der Waals surface area contributed by atoms with Gasteiger partial charge in [-0.25, -0.2) is 4.79 Å². The van der Waals surface area contributed by atoms with E-state index in [-0.39, 0.29) is 24.5 Å². The number of rotatable bonds is 8. The molecule has 0 saturated heterocycles. The number of aliphatic hydroxyl groups is 1. The standard InChI is InChI=1S/C13H20O3/c1-5-10(4)11(6-2)12(8-9-14)16-13(15)7-3/h5-7,10-12,14H,1-3,8-9H2,4H3. The molecule has 0 aromatic carbocycles. The lowest BCUT2D eigenvalue weighted by Crippen LogP contribution is -2.29. The van der Waals surface area contributed by atoms with Gasteiger partial charge in [0.15, 0.2) is 0 Å². The van der Waals surface area contributed by atoms with Crippen molar-refractivity contribution in [3.05, 3.63) is 38.0 Å². The topological polar surface area (TPSA) is 46.5 Å². The highest BCUT2D eigenvalue weighted by Gasteiger charge is 2.25. The summed E-state index contributed by atoms with van der Waals surface area (Å²) in [5.41, 5.74) is 0. The van der Waals surface area contributed by atoms with Crippen molar-refractivity contribution in [1.82, 2.24) is 0 Å². The summed E-state index contributed by atoms with van der Waals surface area (Å²) in [6.07, 6.45) is 4.61. The number of hydrogen-bond donors (Lipinski definition) is 1. The molecule has 3 unspecified atom stereocenters. The van der Waals surface area contributed by atoms with Gasteiger partial charge in [-0.2, -0.15) is 0 Å². The van der Waals surface area contributed by atoms with Crippen LogP contribution in [0.2, 0.25) is 0 Å². The van der Waals surface area contributed by atoms with Crippen molar-refractivity contribution in [2.75, 3.05) is 6.61 Å². The quantitative estimate of drug-likeness (QED) is 0.390. The van der Waals surface area contributed by atoms with E-state index >= 15 is 0 Å². The van der Waals surface area contributed by atoms with E-state index in [0.29, 0.717) is 6.42 Å². The first-order valence-corrected chi connectivity index (χ1v) is 5.29. The minimum absolute atomic E-state index is 0.0384. The van der Waals surface area contributed by atoms with E-state index in [2.05, 4.69) is 19.7 Å². The molecule has 3 atom stereocenters. The van der Waals surface area contributed by atoms with Crippen molar-refractivity contribution >= 4 is 5.97 Å². The van der Waals surface area contributed by atoms with Gasteiger partial charge in [-0.1, -0.05) is 25.7 Å². The Hall–Kier alpha value is -1.35. The van der Waals surface area contributed by atoms with Crippen LogP contribution in [-0.2, 0) is 9.53 Å². The zero-order chi connectivity index (χ0) is 12.6. The number of allylic oxidation sites excluding steroid dienone is 1. The molecule has 0 heterocycles. The van der Waals surface area contributed by atoms with E-state index in [9.17, 15) is 4.79 Å². The third-order valence-electron chi connectivity index (χ3n) is 2.53. The molecule has 0 fully saturated rings.